The van der Waals surface area contributed by atoms with Crippen LogP contribution in [0.25, 0.3) is 265 Å². The molecule has 12 nitrogen and oxygen atoms in total. The van der Waals surface area contributed by atoms with E-state index in [1.807, 2.05) is 146 Å². The SMILES string of the molecule is c1ccc(-c2cc(-c3ccccc3)nc(-c3ccc(-c4nc5c6ccccc6c6ccccc6c5c5cnccc45)cc3)n2)cc1.c1ccc(-c2cc(-c3ccccc3)nc(-c3cccc(-c4nc5c6ccccc6c6ccccc6c5c5ccncc45)c3)n2)cc1.c1ccc(-c2cc(-c3ccccc3)nc(-c3cccc(-c4nc5c6ccccc6c6ccccc6c5c5cnccc45)c3)n2)cc1. The van der Waals surface area contributed by atoms with Crippen molar-refractivity contribution in [2.24, 2.45) is 0 Å². The first kappa shape index (κ1) is 81.2. The zero-order valence-corrected chi connectivity index (χ0v) is 74.4. The third-order valence-electron chi connectivity index (χ3n) is 26.2. The predicted molar refractivity (Wildman–Crippen MR) is 568 cm³/mol. The Morgan fingerprint density at radius 3 is 0.659 bits per heavy atom. The van der Waals surface area contributed by atoms with Crippen molar-refractivity contribution in [3.05, 3.63) is 474 Å². The van der Waals surface area contributed by atoms with E-state index >= 15 is 0 Å². The van der Waals surface area contributed by atoms with Crippen molar-refractivity contribution >= 4 is 130 Å². The van der Waals surface area contributed by atoms with Crippen LogP contribution in [-0.4, -0.2) is 59.8 Å². The standard InChI is InChI=1S/3C42H26N4/c1-3-12-27(13-4-1)37-25-38(28-14-5-2-6-15-28)45-42(44-37)30-17-11-16-29(24-30)40-36-26-43-23-22-34(36)39-33-20-9-7-18-31(33)32-19-8-10-21-35(32)41(39)46-40;1-3-12-27(13-4-1)37-25-38(28-14-5-2-6-15-28)45-42(44-37)30-17-11-16-29(24-30)40-35-22-23-43-26-36(35)39-33-20-9-7-18-31(33)32-19-8-10-21-34(32)41(39)46-40;1-3-11-27(12-4-1)37-25-38(28-13-5-2-6-14-28)45-42(44-37)30-21-19-29(20-22-30)40-35-23-24-43-26-36(35)39-33-17-9-7-15-31(33)32-16-8-10-18-34(32)41(39)46-40/h3*1-26H. The second kappa shape index (κ2) is 35.1. The van der Waals surface area contributed by atoms with Gasteiger partial charge in [0, 0.05) is 163 Å². The molecule has 0 radical (unpaired) electrons. The molecule has 0 aliphatic carbocycles. The fourth-order valence-corrected chi connectivity index (χ4v) is 19.8. The smallest absolute Gasteiger partial charge is 0.160 e. The molecule has 0 saturated heterocycles. The molecule has 27 aromatic rings. The number of aromatic nitrogens is 12. The lowest BCUT2D eigenvalue weighted by Gasteiger charge is -2.15. The van der Waals surface area contributed by atoms with Gasteiger partial charge >= 0.3 is 0 Å². The van der Waals surface area contributed by atoms with E-state index < -0.39 is 0 Å². The van der Waals surface area contributed by atoms with Gasteiger partial charge in [-0.15, -0.1) is 0 Å². The number of hydrogen-bond donors (Lipinski definition) is 0. The van der Waals surface area contributed by atoms with Crippen molar-refractivity contribution < 1.29 is 0 Å². The summed E-state index contributed by atoms with van der Waals surface area (Å²) < 4.78 is 0. The minimum Gasteiger partial charge on any atom is -0.264 e. The molecule has 0 bridgehead atoms. The maximum atomic E-state index is 5.45. The van der Waals surface area contributed by atoms with Crippen LogP contribution in [0.15, 0.2) is 474 Å². The predicted octanol–water partition coefficient (Wildman–Crippen LogP) is 31.6. The maximum absolute atomic E-state index is 5.45. The Kier molecular flexibility index (Phi) is 20.6. The number of hydrogen-bond acceptors (Lipinski definition) is 12. The molecule has 0 saturated carbocycles. The van der Waals surface area contributed by atoms with Crippen LogP contribution >= 0.6 is 0 Å². The van der Waals surface area contributed by atoms with Gasteiger partial charge in [-0.3, -0.25) is 15.0 Å². The number of benzene rings is 18. The van der Waals surface area contributed by atoms with Gasteiger partial charge < -0.3 is 0 Å². The summed E-state index contributed by atoms with van der Waals surface area (Å²) in [5, 5.41) is 24.1. The second-order valence-electron chi connectivity index (χ2n) is 34.4. The zero-order valence-electron chi connectivity index (χ0n) is 74.4. The molecule has 0 fully saturated rings. The van der Waals surface area contributed by atoms with E-state index in [0.29, 0.717) is 17.5 Å². The van der Waals surface area contributed by atoms with E-state index in [-0.39, 0.29) is 0 Å². The van der Waals surface area contributed by atoms with Crippen molar-refractivity contribution in [1.29, 1.82) is 0 Å². The minimum atomic E-state index is 0.668. The average Bonchev–Trinajstić information content (AvgIpc) is 0.726. The molecule has 9 aromatic heterocycles. The van der Waals surface area contributed by atoms with Crippen LogP contribution in [0, 0.1) is 0 Å². The topological polar surface area (TPSA) is 155 Å². The van der Waals surface area contributed by atoms with E-state index in [2.05, 4.69) is 343 Å². The van der Waals surface area contributed by atoms with Crippen LogP contribution in [0.1, 0.15) is 0 Å². The molecule has 18 aromatic carbocycles. The van der Waals surface area contributed by atoms with E-state index in [4.69, 9.17) is 44.9 Å². The van der Waals surface area contributed by atoms with Gasteiger partial charge in [0.05, 0.1) is 67.8 Å². The number of nitrogens with zero attached hydrogens (tertiary/aromatic N) is 12. The van der Waals surface area contributed by atoms with Crippen molar-refractivity contribution in [3.8, 4) is 135 Å². The molecule has 642 valence electrons. The highest BCUT2D eigenvalue weighted by molar-refractivity contribution is 6.34. The van der Waals surface area contributed by atoms with Crippen LogP contribution in [-0.2, 0) is 0 Å². The van der Waals surface area contributed by atoms with E-state index in [1.54, 1.807) is 0 Å². The van der Waals surface area contributed by atoms with Gasteiger partial charge in [-0.2, -0.15) is 0 Å². The Morgan fingerprint density at radius 2 is 0.341 bits per heavy atom. The highest BCUT2D eigenvalue weighted by Crippen LogP contribution is 2.47. The molecule has 0 atom stereocenters. The zero-order chi connectivity index (χ0) is 91.4. The molecule has 0 amide bonds. The van der Waals surface area contributed by atoms with Crippen LogP contribution in [0.2, 0.25) is 0 Å². The minimum absolute atomic E-state index is 0.668. The second-order valence-corrected chi connectivity index (χ2v) is 34.4. The van der Waals surface area contributed by atoms with Crippen LogP contribution in [0.5, 0.6) is 0 Å². The molecule has 12 heteroatoms. The first-order chi connectivity index (χ1) is 68.4. The fraction of sp³-hybridized carbons (Fsp3) is 0. The number of pyridine rings is 6. The molecular weight excluding hydrogens is 1680 g/mol. The first-order valence-electron chi connectivity index (χ1n) is 46.2. The van der Waals surface area contributed by atoms with Crippen molar-refractivity contribution in [1.82, 2.24) is 59.8 Å². The molecule has 0 spiro atoms. The molecule has 0 aliphatic rings. The van der Waals surface area contributed by atoms with Crippen molar-refractivity contribution in [3.63, 3.8) is 0 Å². The van der Waals surface area contributed by atoms with Gasteiger partial charge in [-0.25, -0.2) is 44.9 Å². The summed E-state index contributed by atoms with van der Waals surface area (Å²) in [4.78, 5) is 60.3. The summed E-state index contributed by atoms with van der Waals surface area (Å²) in [6, 6.07) is 151. The fourth-order valence-electron chi connectivity index (χ4n) is 19.8. The number of rotatable bonds is 12. The van der Waals surface area contributed by atoms with Gasteiger partial charge in [-0.05, 0) is 102 Å². The highest BCUT2D eigenvalue weighted by atomic mass is 14.9. The Labute approximate surface area is 793 Å². The third-order valence-corrected chi connectivity index (χ3v) is 26.2. The lowest BCUT2D eigenvalue weighted by Crippen LogP contribution is -1.97. The quantitative estimate of drug-likeness (QED) is 0.107. The summed E-state index contributed by atoms with van der Waals surface area (Å²) in [5.74, 6) is 2.02. The van der Waals surface area contributed by atoms with Crippen molar-refractivity contribution in [2.45, 2.75) is 0 Å². The lowest BCUT2D eigenvalue weighted by molar-refractivity contribution is 1.18. The summed E-state index contributed by atoms with van der Waals surface area (Å²) in [5.41, 5.74) is 23.1. The third kappa shape index (κ3) is 14.9. The van der Waals surface area contributed by atoms with Crippen molar-refractivity contribution in [2.75, 3.05) is 0 Å². The molecule has 9 heterocycles. The van der Waals surface area contributed by atoms with E-state index in [1.165, 1.54) is 48.5 Å². The Bertz CT molecular complexity index is 8910. The summed E-state index contributed by atoms with van der Waals surface area (Å²) >= 11 is 0. The normalized spacial score (nSPS) is 11.5. The van der Waals surface area contributed by atoms with Gasteiger partial charge in [0.1, 0.15) is 0 Å². The summed E-state index contributed by atoms with van der Waals surface area (Å²) in [7, 11) is 0. The molecule has 0 N–H and O–H groups in total. The van der Waals surface area contributed by atoms with Gasteiger partial charge in [0.25, 0.3) is 0 Å². The molecule has 0 aliphatic heterocycles. The lowest BCUT2D eigenvalue weighted by atomic mass is 9.93. The van der Waals surface area contributed by atoms with Gasteiger partial charge in [0.2, 0.25) is 0 Å². The Balaban J connectivity index is 0.000000110. The highest BCUT2D eigenvalue weighted by Gasteiger charge is 2.24. The van der Waals surface area contributed by atoms with Crippen LogP contribution in [0.4, 0.5) is 0 Å². The molecular formula is C126H78N12. The van der Waals surface area contributed by atoms with E-state index in [9.17, 15) is 0 Å². The van der Waals surface area contributed by atoms with Crippen LogP contribution < -0.4 is 0 Å². The summed E-state index contributed by atoms with van der Waals surface area (Å²) in [6.45, 7) is 0. The molecule has 0 unspecified atom stereocenters. The Morgan fingerprint density at radius 1 is 0.123 bits per heavy atom. The largest absolute Gasteiger partial charge is 0.264 e. The Hall–Kier alpha value is -18.8. The monoisotopic (exact) mass is 1760 g/mol. The van der Waals surface area contributed by atoms with Gasteiger partial charge in [0.15, 0.2) is 17.5 Å². The van der Waals surface area contributed by atoms with E-state index in [0.717, 1.165) is 199 Å². The van der Waals surface area contributed by atoms with Gasteiger partial charge in [-0.1, -0.05) is 388 Å². The average molecular weight is 1760 g/mol. The summed E-state index contributed by atoms with van der Waals surface area (Å²) in [6.07, 6.45) is 11.5. The maximum Gasteiger partial charge on any atom is 0.160 e. The first-order valence-corrected chi connectivity index (χ1v) is 46.2. The van der Waals surface area contributed by atoms with Crippen LogP contribution in [0.3, 0.4) is 0 Å². The molecule has 27 rings (SSSR count). The number of fused-ring (bicyclic) bond motifs is 24. The molecule has 138 heavy (non-hydrogen) atoms.